The fraction of sp³-hybridized carbons (Fsp3) is 0.143. The van der Waals surface area contributed by atoms with Gasteiger partial charge in [0.25, 0.3) is 0 Å². The summed E-state index contributed by atoms with van der Waals surface area (Å²) in [5, 5.41) is 9.34. The second-order valence-electron chi connectivity index (χ2n) is 3.81. The minimum Gasteiger partial charge on any atom is -0.487 e. The standard InChI is InChI=1S/C14H12Br2O2/c15-12-6-11(8-17)14(13(16)7-12)18-9-10-4-2-1-3-5-10/h1-7,17H,8-9H2. The van der Waals surface area contributed by atoms with Crippen LogP contribution < -0.4 is 4.74 Å². The van der Waals surface area contributed by atoms with Crippen LogP contribution in [0.1, 0.15) is 11.1 Å². The molecule has 94 valence electrons. The van der Waals surface area contributed by atoms with E-state index in [1.807, 2.05) is 42.5 Å². The summed E-state index contributed by atoms with van der Waals surface area (Å²) in [7, 11) is 0. The first-order chi connectivity index (χ1) is 8.70. The van der Waals surface area contributed by atoms with Gasteiger partial charge in [0.1, 0.15) is 12.4 Å². The average Bonchev–Trinajstić information content (AvgIpc) is 2.38. The van der Waals surface area contributed by atoms with Crippen molar-refractivity contribution in [1.82, 2.24) is 0 Å². The Morgan fingerprint density at radius 1 is 1.06 bits per heavy atom. The van der Waals surface area contributed by atoms with Crippen LogP contribution in [0.15, 0.2) is 51.4 Å². The molecule has 0 aliphatic rings. The van der Waals surface area contributed by atoms with Gasteiger partial charge in [0.15, 0.2) is 0 Å². The molecule has 0 amide bonds. The highest BCUT2D eigenvalue weighted by atomic mass is 79.9. The summed E-state index contributed by atoms with van der Waals surface area (Å²) in [4.78, 5) is 0. The van der Waals surface area contributed by atoms with Crippen LogP contribution in [-0.2, 0) is 13.2 Å². The van der Waals surface area contributed by atoms with E-state index in [1.165, 1.54) is 0 Å². The number of benzene rings is 2. The van der Waals surface area contributed by atoms with Crippen molar-refractivity contribution in [1.29, 1.82) is 0 Å². The third kappa shape index (κ3) is 3.34. The van der Waals surface area contributed by atoms with Crippen LogP contribution >= 0.6 is 31.9 Å². The largest absolute Gasteiger partial charge is 0.487 e. The normalized spacial score (nSPS) is 10.4. The van der Waals surface area contributed by atoms with Gasteiger partial charge in [-0.3, -0.25) is 0 Å². The van der Waals surface area contributed by atoms with E-state index in [0.717, 1.165) is 20.1 Å². The Morgan fingerprint density at radius 3 is 2.44 bits per heavy atom. The first kappa shape index (κ1) is 13.6. The molecule has 2 aromatic rings. The van der Waals surface area contributed by atoms with E-state index in [1.54, 1.807) is 0 Å². The molecule has 0 saturated heterocycles. The van der Waals surface area contributed by atoms with Gasteiger partial charge >= 0.3 is 0 Å². The van der Waals surface area contributed by atoms with Crippen LogP contribution in [0.25, 0.3) is 0 Å². The Morgan fingerprint density at radius 2 is 1.78 bits per heavy atom. The Bertz CT molecular complexity index is 527. The van der Waals surface area contributed by atoms with Crippen LogP contribution in [0, 0.1) is 0 Å². The van der Waals surface area contributed by atoms with Crippen molar-refractivity contribution in [2.75, 3.05) is 0 Å². The zero-order valence-electron chi connectivity index (χ0n) is 9.57. The maximum absolute atomic E-state index is 9.34. The maximum atomic E-state index is 9.34. The number of rotatable bonds is 4. The quantitative estimate of drug-likeness (QED) is 0.868. The highest BCUT2D eigenvalue weighted by Crippen LogP contribution is 2.33. The lowest BCUT2D eigenvalue weighted by molar-refractivity contribution is 0.258. The fourth-order valence-electron chi connectivity index (χ4n) is 1.62. The molecule has 0 spiro atoms. The number of hydrogen-bond acceptors (Lipinski definition) is 2. The minimum absolute atomic E-state index is 0.0534. The van der Waals surface area contributed by atoms with Gasteiger partial charge in [0.2, 0.25) is 0 Å². The number of aliphatic hydroxyl groups is 1. The number of hydrogen-bond donors (Lipinski definition) is 1. The van der Waals surface area contributed by atoms with Crippen LogP contribution in [0.5, 0.6) is 5.75 Å². The van der Waals surface area contributed by atoms with Crippen molar-refractivity contribution >= 4 is 31.9 Å². The molecule has 0 saturated carbocycles. The van der Waals surface area contributed by atoms with E-state index in [-0.39, 0.29) is 6.61 Å². The van der Waals surface area contributed by atoms with Gasteiger partial charge in [-0.05, 0) is 33.6 Å². The van der Waals surface area contributed by atoms with Crippen molar-refractivity contribution < 1.29 is 9.84 Å². The van der Waals surface area contributed by atoms with Crippen molar-refractivity contribution in [3.8, 4) is 5.75 Å². The van der Waals surface area contributed by atoms with E-state index < -0.39 is 0 Å². The molecule has 0 fully saturated rings. The molecule has 2 nitrogen and oxygen atoms in total. The molecule has 18 heavy (non-hydrogen) atoms. The summed E-state index contributed by atoms with van der Waals surface area (Å²) >= 11 is 6.83. The molecule has 0 unspecified atom stereocenters. The predicted octanol–water partition coefficient (Wildman–Crippen LogP) is 4.28. The van der Waals surface area contributed by atoms with E-state index in [4.69, 9.17) is 4.74 Å². The lowest BCUT2D eigenvalue weighted by atomic mass is 10.2. The Balaban J connectivity index is 2.19. The zero-order valence-corrected chi connectivity index (χ0v) is 12.7. The topological polar surface area (TPSA) is 29.5 Å². The van der Waals surface area contributed by atoms with Crippen molar-refractivity contribution in [3.63, 3.8) is 0 Å². The lowest BCUT2D eigenvalue weighted by Gasteiger charge is -2.12. The molecule has 2 rings (SSSR count). The summed E-state index contributed by atoms with van der Waals surface area (Å²) in [5.74, 6) is 0.685. The van der Waals surface area contributed by atoms with Gasteiger partial charge in [-0.15, -0.1) is 0 Å². The lowest BCUT2D eigenvalue weighted by Crippen LogP contribution is -1.99. The highest BCUT2D eigenvalue weighted by molar-refractivity contribution is 9.11. The molecular formula is C14H12Br2O2. The van der Waals surface area contributed by atoms with Gasteiger partial charge in [-0.2, -0.15) is 0 Å². The summed E-state index contributed by atoms with van der Waals surface area (Å²) in [6, 6.07) is 13.7. The Kier molecular flexibility index (Phi) is 4.80. The van der Waals surface area contributed by atoms with E-state index >= 15 is 0 Å². The third-order valence-corrected chi connectivity index (χ3v) is 3.53. The van der Waals surface area contributed by atoms with Crippen LogP contribution in [0.3, 0.4) is 0 Å². The minimum atomic E-state index is -0.0534. The molecule has 4 heteroatoms. The second-order valence-corrected chi connectivity index (χ2v) is 5.58. The van der Waals surface area contributed by atoms with Crippen molar-refractivity contribution in [2.24, 2.45) is 0 Å². The summed E-state index contributed by atoms with van der Waals surface area (Å²) in [5.41, 5.74) is 1.85. The number of aliphatic hydroxyl groups excluding tert-OH is 1. The zero-order chi connectivity index (χ0) is 13.0. The molecule has 0 heterocycles. The van der Waals surface area contributed by atoms with Crippen LogP contribution in [0.2, 0.25) is 0 Å². The Labute approximate surface area is 123 Å². The van der Waals surface area contributed by atoms with E-state index in [0.29, 0.717) is 12.4 Å². The number of halogens is 2. The Hall–Kier alpha value is -0.840. The second kappa shape index (κ2) is 6.36. The first-order valence-corrected chi connectivity index (χ1v) is 7.05. The summed E-state index contributed by atoms with van der Waals surface area (Å²) in [6.07, 6.45) is 0. The van der Waals surface area contributed by atoms with Crippen molar-refractivity contribution in [2.45, 2.75) is 13.2 Å². The molecule has 1 N–H and O–H groups in total. The molecule has 2 aromatic carbocycles. The van der Waals surface area contributed by atoms with Crippen LogP contribution in [-0.4, -0.2) is 5.11 Å². The smallest absolute Gasteiger partial charge is 0.139 e. The van der Waals surface area contributed by atoms with Gasteiger partial charge in [-0.25, -0.2) is 0 Å². The molecule has 0 aliphatic heterocycles. The fourth-order valence-corrected chi connectivity index (χ4v) is 3.05. The van der Waals surface area contributed by atoms with E-state index in [2.05, 4.69) is 31.9 Å². The first-order valence-electron chi connectivity index (χ1n) is 5.46. The van der Waals surface area contributed by atoms with Gasteiger partial charge in [-0.1, -0.05) is 46.3 Å². The van der Waals surface area contributed by atoms with Gasteiger partial charge < -0.3 is 9.84 Å². The molecule has 0 aliphatic carbocycles. The van der Waals surface area contributed by atoms with Crippen LogP contribution in [0.4, 0.5) is 0 Å². The molecule has 0 radical (unpaired) electrons. The third-order valence-electron chi connectivity index (χ3n) is 2.48. The predicted molar refractivity (Wildman–Crippen MR) is 78.5 cm³/mol. The maximum Gasteiger partial charge on any atom is 0.139 e. The molecule has 0 aromatic heterocycles. The monoisotopic (exact) mass is 370 g/mol. The number of ether oxygens (including phenoxy) is 1. The van der Waals surface area contributed by atoms with Gasteiger partial charge in [0.05, 0.1) is 11.1 Å². The SMILES string of the molecule is OCc1cc(Br)cc(Br)c1OCc1ccccc1. The molecule has 0 atom stereocenters. The van der Waals surface area contributed by atoms with Gasteiger partial charge in [0, 0.05) is 10.0 Å². The van der Waals surface area contributed by atoms with E-state index in [9.17, 15) is 5.11 Å². The average molecular weight is 372 g/mol. The molecule has 0 bridgehead atoms. The summed E-state index contributed by atoms with van der Waals surface area (Å²) < 4.78 is 7.51. The summed E-state index contributed by atoms with van der Waals surface area (Å²) in [6.45, 7) is 0.427. The highest BCUT2D eigenvalue weighted by Gasteiger charge is 2.09. The molecular weight excluding hydrogens is 360 g/mol. The van der Waals surface area contributed by atoms with Crippen molar-refractivity contribution in [3.05, 3.63) is 62.5 Å².